The molecule has 0 unspecified atom stereocenters. The molecule has 9 nitrogen and oxygen atoms in total. The summed E-state index contributed by atoms with van der Waals surface area (Å²) in [6, 6.07) is 0. The zero-order valence-electron chi connectivity index (χ0n) is 28.4. The number of hydrogen-bond donors (Lipinski definition) is 0. The van der Waals surface area contributed by atoms with Gasteiger partial charge in [0.1, 0.15) is 0 Å². The van der Waals surface area contributed by atoms with E-state index in [9.17, 15) is 0 Å². The summed E-state index contributed by atoms with van der Waals surface area (Å²) in [4.78, 5) is 0. The van der Waals surface area contributed by atoms with Gasteiger partial charge in [-0.15, -0.1) is 11.6 Å². The largest absolute Gasteiger partial charge is 0.379 e. The molecule has 0 N–H and O–H groups in total. The molecule has 0 saturated heterocycles. The fourth-order valence-corrected chi connectivity index (χ4v) is 4.42. The SMILES string of the molecule is CCCCCCCCCCCCCCCCOCCOCCOCCOCCOCCOCCOCCOCCOCCCl. The number of hydrogen-bond acceptors (Lipinski definition) is 9. The van der Waals surface area contributed by atoms with Gasteiger partial charge in [-0.25, -0.2) is 0 Å². The second-order valence-electron chi connectivity index (χ2n) is 10.8. The highest BCUT2D eigenvalue weighted by Crippen LogP contribution is 2.12. The summed E-state index contributed by atoms with van der Waals surface area (Å²) in [5, 5.41) is 0. The highest BCUT2D eigenvalue weighted by atomic mass is 35.5. The summed E-state index contributed by atoms with van der Waals surface area (Å²) in [6.45, 7) is 12.6. The van der Waals surface area contributed by atoms with E-state index >= 15 is 0 Å². The minimum absolute atomic E-state index is 0.505. The Labute approximate surface area is 275 Å². The normalized spacial score (nSPS) is 11.6. The van der Waals surface area contributed by atoms with Crippen LogP contribution in [0.4, 0.5) is 0 Å². The molecule has 0 saturated carbocycles. The van der Waals surface area contributed by atoms with Gasteiger partial charge in [0.25, 0.3) is 0 Å². The summed E-state index contributed by atoms with van der Waals surface area (Å²) in [6.07, 6.45) is 19.3. The summed E-state index contributed by atoms with van der Waals surface area (Å²) < 4.78 is 49.2. The summed E-state index contributed by atoms with van der Waals surface area (Å²) >= 11 is 5.52. The van der Waals surface area contributed by atoms with Gasteiger partial charge in [0.15, 0.2) is 0 Å². The Morgan fingerprint density at radius 3 is 0.705 bits per heavy atom. The van der Waals surface area contributed by atoms with Gasteiger partial charge in [0, 0.05) is 12.5 Å². The molecule has 0 fully saturated rings. The van der Waals surface area contributed by atoms with Crippen LogP contribution in [-0.4, -0.2) is 125 Å². The first-order chi connectivity index (χ1) is 21.9. The Morgan fingerprint density at radius 2 is 0.455 bits per heavy atom. The van der Waals surface area contributed by atoms with Crippen LogP contribution in [-0.2, 0) is 42.6 Å². The van der Waals surface area contributed by atoms with Crippen LogP contribution in [0.5, 0.6) is 0 Å². The molecule has 0 aromatic heterocycles. The molecule has 0 aliphatic rings. The predicted octanol–water partition coefficient (Wildman–Crippen LogP) is 6.86. The molecule has 0 amide bonds. The fraction of sp³-hybridized carbons (Fsp3) is 1.00. The van der Waals surface area contributed by atoms with E-state index in [0.717, 1.165) is 13.0 Å². The van der Waals surface area contributed by atoms with Crippen LogP contribution in [0.15, 0.2) is 0 Å². The topological polar surface area (TPSA) is 83.1 Å². The van der Waals surface area contributed by atoms with E-state index in [0.29, 0.717) is 118 Å². The first kappa shape index (κ1) is 43.9. The second kappa shape index (κ2) is 42.9. The average molecular weight is 657 g/mol. The lowest BCUT2D eigenvalue weighted by molar-refractivity contribution is -0.0248. The average Bonchev–Trinajstić information content (AvgIpc) is 3.04. The quantitative estimate of drug-likeness (QED) is 0.0518. The highest BCUT2D eigenvalue weighted by molar-refractivity contribution is 6.17. The summed E-state index contributed by atoms with van der Waals surface area (Å²) in [5.41, 5.74) is 0. The van der Waals surface area contributed by atoms with Crippen LogP contribution in [0, 0.1) is 0 Å². The Morgan fingerprint density at radius 1 is 0.250 bits per heavy atom. The first-order valence-electron chi connectivity index (χ1n) is 17.7. The van der Waals surface area contributed by atoms with E-state index in [1.54, 1.807) is 0 Å². The molecule has 0 aromatic rings. The Bertz CT molecular complexity index is 450. The number of ether oxygens (including phenoxy) is 9. The standard InChI is InChI=1S/C34H69ClO9/c1-2-3-4-5-6-7-8-9-10-11-12-13-14-15-17-36-19-21-38-23-25-40-27-29-42-31-33-44-34-32-43-30-28-41-26-24-39-22-20-37-18-16-35/h2-34H2,1H3. The van der Waals surface area contributed by atoms with Gasteiger partial charge >= 0.3 is 0 Å². The van der Waals surface area contributed by atoms with Gasteiger partial charge in [-0.3, -0.25) is 0 Å². The molecule has 266 valence electrons. The Balaban J connectivity index is 3.03. The molecule has 0 atom stereocenters. The number of unbranched alkanes of at least 4 members (excludes halogenated alkanes) is 13. The molecule has 0 aromatic carbocycles. The van der Waals surface area contributed by atoms with Gasteiger partial charge in [-0.1, -0.05) is 90.4 Å². The molecular weight excluding hydrogens is 588 g/mol. The van der Waals surface area contributed by atoms with E-state index in [1.807, 2.05) is 0 Å². The molecule has 0 spiro atoms. The third-order valence-corrected chi connectivity index (χ3v) is 6.99. The second-order valence-corrected chi connectivity index (χ2v) is 11.2. The first-order valence-corrected chi connectivity index (χ1v) is 18.2. The summed E-state index contributed by atoms with van der Waals surface area (Å²) in [5.74, 6) is 0.505. The van der Waals surface area contributed by atoms with Crippen LogP contribution in [0.3, 0.4) is 0 Å². The van der Waals surface area contributed by atoms with E-state index < -0.39 is 0 Å². The van der Waals surface area contributed by atoms with Crippen LogP contribution in [0.25, 0.3) is 0 Å². The van der Waals surface area contributed by atoms with Gasteiger partial charge in [0.2, 0.25) is 0 Å². The van der Waals surface area contributed by atoms with Crippen molar-refractivity contribution in [2.75, 3.05) is 125 Å². The zero-order valence-corrected chi connectivity index (χ0v) is 29.1. The molecule has 0 aliphatic carbocycles. The monoisotopic (exact) mass is 656 g/mol. The smallest absolute Gasteiger partial charge is 0.0701 e. The number of halogens is 1. The van der Waals surface area contributed by atoms with Gasteiger partial charge < -0.3 is 42.6 Å². The van der Waals surface area contributed by atoms with Crippen molar-refractivity contribution in [1.29, 1.82) is 0 Å². The highest BCUT2D eigenvalue weighted by Gasteiger charge is 1.97. The maximum absolute atomic E-state index is 5.67. The third kappa shape index (κ3) is 41.9. The van der Waals surface area contributed by atoms with Crippen molar-refractivity contribution < 1.29 is 42.6 Å². The van der Waals surface area contributed by atoms with Gasteiger partial charge in [-0.2, -0.15) is 0 Å². The number of alkyl halides is 1. The van der Waals surface area contributed by atoms with Crippen molar-refractivity contribution in [2.24, 2.45) is 0 Å². The number of rotatable bonds is 41. The molecule has 44 heavy (non-hydrogen) atoms. The molecule has 0 radical (unpaired) electrons. The van der Waals surface area contributed by atoms with E-state index in [1.165, 1.54) is 83.5 Å². The van der Waals surface area contributed by atoms with Crippen LogP contribution in [0.1, 0.15) is 96.8 Å². The van der Waals surface area contributed by atoms with Crippen molar-refractivity contribution in [3.8, 4) is 0 Å². The minimum Gasteiger partial charge on any atom is -0.379 e. The fourth-order valence-electron chi connectivity index (χ4n) is 4.31. The van der Waals surface area contributed by atoms with Gasteiger partial charge in [0.05, 0.1) is 112 Å². The lowest BCUT2D eigenvalue weighted by Crippen LogP contribution is -2.15. The Kier molecular flexibility index (Phi) is 42.9. The zero-order chi connectivity index (χ0) is 31.7. The molecule has 0 bridgehead atoms. The van der Waals surface area contributed by atoms with Crippen LogP contribution < -0.4 is 0 Å². The van der Waals surface area contributed by atoms with E-state index in [-0.39, 0.29) is 0 Å². The van der Waals surface area contributed by atoms with Gasteiger partial charge in [-0.05, 0) is 6.42 Å². The van der Waals surface area contributed by atoms with Crippen molar-refractivity contribution in [3.63, 3.8) is 0 Å². The molecule has 0 rings (SSSR count). The van der Waals surface area contributed by atoms with E-state index in [2.05, 4.69) is 6.92 Å². The van der Waals surface area contributed by atoms with Crippen molar-refractivity contribution in [3.05, 3.63) is 0 Å². The molecular formula is C34H69ClO9. The predicted molar refractivity (Wildman–Crippen MR) is 178 cm³/mol. The maximum atomic E-state index is 5.67. The minimum atomic E-state index is 0.505. The van der Waals surface area contributed by atoms with Crippen molar-refractivity contribution in [2.45, 2.75) is 96.8 Å². The lowest BCUT2D eigenvalue weighted by atomic mass is 10.0. The molecule has 0 aliphatic heterocycles. The van der Waals surface area contributed by atoms with E-state index in [4.69, 9.17) is 54.2 Å². The van der Waals surface area contributed by atoms with Crippen LogP contribution in [0.2, 0.25) is 0 Å². The maximum Gasteiger partial charge on any atom is 0.0701 e. The van der Waals surface area contributed by atoms with Crippen molar-refractivity contribution in [1.82, 2.24) is 0 Å². The summed E-state index contributed by atoms with van der Waals surface area (Å²) in [7, 11) is 0. The molecule has 0 heterocycles. The Hall–Kier alpha value is -0.0700. The third-order valence-electron chi connectivity index (χ3n) is 6.84. The lowest BCUT2D eigenvalue weighted by Gasteiger charge is -2.09. The van der Waals surface area contributed by atoms with Crippen molar-refractivity contribution >= 4 is 11.6 Å². The van der Waals surface area contributed by atoms with Crippen LogP contribution >= 0.6 is 11.6 Å². The molecule has 10 heteroatoms.